The van der Waals surface area contributed by atoms with E-state index >= 15 is 0 Å². The fraction of sp³-hybridized carbons (Fsp3) is 0.636. The van der Waals surface area contributed by atoms with Crippen molar-refractivity contribution in [2.24, 2.45) is 5.92 Å². The molecule has 0 aliphatic heterocycles. The van der Waals surface area contributed by atoms with E-state index in [2.05, 4.69) is 25.7 Å². The van der Waals surface area contributed by atoms with E-state index in [-0.39, 0.29) is 0 Å². The molecule has 0 spiro atoms. The number of allylic oxidation sites excluding steroid dienone is 3. The smallest absolute Gasteiger partial charge is 0.0322 e. The Morgan fingerprint density at radius 2 is 1.55 bits per heavy atom. The van der Waals surface area contributed by atoms with E-state index in [1.165, 1.54) is 12.8 Å². The van der Waals surface area contributed by atoms with Crippen LogP contribution in [0.4, 0.5) is 0 Å². The van der Waals surface area contributed by atoms with Gasteiger partial charge in [0.15, 0.2) is 0 Å². The molecule has 0 nitrogen and oxygen atoms in total. The van der Waals surface area contributed by atoms with Crippen molar-refractivity contribution < 1.29 is 0 Å². The Labute approximate surface area is 72.0 Å². The molecule has 0 fully saturated rings. The lowest BCUT2D eigenvalue weighted by Gasteiger charge is -1.92. The SMILES string of the molecule is C=CC.CC.CC1CC=CC1. The molecule has 0 saturated carbocycles. The molecule has 1 rings (SSSR count). The third-order valence-electron chi connectivity index (χ3n) is 1.24. The first-order chi connectivity index (χ1) is 5.31. The molecule has 0 heterocycles. The van der Waals surface area contributed by atoms with Crippen molar-refractivity contribution in [2.45, 2.75) is 40.5 Å². The van der Waals surface area contributed by atoms with Crippen molar-refractivity contribution >= 4 is 0 Å². The molecular weight excluding hydrogens is 132 g/mol. The van der Waals surface area contributed by atoms with Crippen LogP contribution in [-0.2, 0) is 0 Å². The lowest BCUT2D eigenvalue weighted by atomic mass is 10.1. The predicted molar refractivity (Wildman–Crippen MR) is 54.8 cm³/mol. The van der Waals surface area contributed by atoms with Gasteiger partial charge in [-0.2, -0.15) is 0 Å². The highest BCUT2D eigenvalue weighted by Gasteiger charge is 1.99. The van der Waals surface area contributed by atoms with Gasteiger partial charge in [0.05, 0.1) is 0 Å². The van der Waals surface area contributed by atoms with Crippen LogP contribution in [0, 0.1) is 5.92 Å². The van der Waals surface area contributed by atoms with Crippen LogP contribution >= 0.6 is 0 Å². The molecule has 0 aromatic heterocycles. The van der Waals surface area contributed by atoms with E-state index < -0.39 is 0 Å². The average Bonchev–Trinajstić information content (AvgIpc) is 2.46. The number of hydrogen-bond acceptors (Lipinski definition) is 0. The molecule has 0 unspecified atom stereocenters. The Balaban J connectivity index is 0. The molecule has 0 radical (unpaired) electrons. The van der Waals surface area contributed by atoms with Crippen LogP contribution in [0.1, 0.15) is 40.5 Å². The minimum absolute atomic E-state index is 0.935. The average molecular weight is 154 g/mol. The van der Waals surface area contributed by atoms with Crippen molar-refractivity contribution in [3.8, 4) is 0 Å². The summed E-state index contributed by atoms with van der Waals surface area (Å²) in [6.07, 6.45) is 8.87. The highest BCUT2D eigenvalue weighted by atomic mass is 14.1. The Hall–Kier alpha value is -0.520. The summed E-state index contributed by atoms with van der Waals surface area (Å²) < 4.78 is 0. The third-order valence-corrected chi connectivity index (χ3v) is 1.24. The van der Waals surface area contributed by atoms with Crippen molar-refractivity contribution in [1.29, 1.82) is 0 Å². The van der Waals surface area contributed by atoms with Gasteiger partial charge in [-0.25, -0.2) is 0 Å². The molecule has 0 bridgehead atoms. The molecule has 0 saturated heterocycles. The topological polar surface area (TPSA) is 0 Å². The lowest BCUT2D eigenvalue weighted by Crippen LogP contribution is -1.79. The maximum absolute atomic E-state index is 3.36. The van der Waals surface area contributed by atoms with Crippen molar-refractivity contribution in [3.63, 3.8) is 0 Å². The van der Waals surface area contributed by atoms with E-state index in [9.17, 15) is 0 Å². The van der Waals surface area contributed by atoms with Crippen LogP contribution in [0.5, 0.6) is 0 Å². The van der Waals surface area contributed by atoms with E-state index in [0.29, 0.717) is 0 Å². The summed E-state index contributed by atoms with van der Waals surface area (Å²) in [6, 6.07) is 0. The summed E-state index contributed by atoms with van der Waals surface area (Å²) in [5.74, 6) is 0.935. The molecule has 66 valence electrons. The molecule has 1 aliphatic rings. The van der Waals surface area contributed by atoms with Crippen LogP contribution in [0.2, 0.25) is 0 Å². The maximum atomic E-state index is 3.36. The molecular formula is C11H22. The van der Waals surface area contributed by atoms with Gasteiger partial charge in [0, 0.05) is 0 Å². The van der Waals surface area contributed by atoms with Crippen molar-refractivity contribution in [3.05, 3.63) is 24.8 Å². The van der Waals surface area contributed by atoms with E-state index in [4.69, 9.17) is 0 Å². The molecule has 0 aromatic rings. The highest BCUT2D eigenvalue weighted by molar-refractivity contribution is 4.92. The lowest BCUT2D eigenvalue weighted by molar-refractivity contribution is 0.638. The molecule has 0 amide bonds. The van der Waals surface area contributed by atoms with Crippen molar-refractivity contribution in [1.82, 2.24) is 0 Å². The van der Waals surface area contributed by atoms with Gasteiger partial charge in [0.2, 0.25) is 0 Å². The first-order valence-electron chi connectivity index (χ1n) is 4.53. The van der Waals surface area contributed by atoms with Gasteiger partial charge in [-0.05, 0) is 25.7 Å². The summed E-state index contributed by atoms with van der Waals surface area (Å²) >= 11 is 0. The molecule has 0 N–H and O–H groups in total. The molecule has 0 atom stereocenters. The summed E-state index contributed by atoms with van der Waals surface area (Å²) in [5, 5.41) is 0. The third kappa shape index (κ3) is 12.6. The second-order valence-electron chi connectivity index (χ2n) is 2.46. The highest BCUT2D eigenvalue weighted by Crippen LogP contribution is 2.15. The minimum Gasteiger partial charge on any atom is -0.103 e. The van der Waals surface area contributed by atoms with Crippen LogP contribution in [0.25, 0.3) is 0 Å². The molecule has 0 aromatic carbocycles. The van der Waals surface area contributed by atoms with Gasteiger partial charge in [-0.1, -0.05) is 39.0 Å². The van der Waals surface area contributed by atoms with Crippen LogP contribution in [0.15, 0.2) is 24.8 Å². The predicted octanol–water partition coefficient (Wildman–Crippen LogP) is 4.19. The Bertz CT molecular complexity index is 82.2. The van der Waals surface area contributed by atoms with E-state index in [1.807, 2.05) is 20.8 Å². The molecule has 11 heavy (non-hydrogen) atoms. The zero-order valence-electron chi connectivity index (χ0n) is 8.43. The minimum atomic E-state index is 0.935. The van der Waals surface area contributed by atoms with Gasteiger partial charge in [-0.15, -0.1) is 6.58 Å². The quantitative estimate of drug-likeness (QED) is 0.459. The Morgan fingerprint density at radius 1 is 1.27 bits per heavy atom. The second-order valence-corrected chi connectivity index (χ2v) is 2.46. The van der Waals surface area contributed by atoms with Crippen molar-refractivity contribution in [2.75, 3.05) is 0 Å². The fourth-order valence-corrected chi connectivity index (χ4v) is 0.753. The van der Waals surface area contributed by atoms with Crippen LogP contribution in [-0.4, -0.2) is 0 Å². The summed E-state index contributed by atoms with van der Waals surface area (Å²) in [4.78, 5) is 0. The molecule has 1 aliphatic carbocycles. The normalized spacial score (nSPS) is 14.2. The maximum Gasteiger partial charge on any atom is -0.0322 e. The Kier molecular flexibility index (Phi) is 14.5. The second kappa shape index (κ2) is 12.2. The van der Waals surface area contributed by atoms with Crippen LogP contribution in [0.3, 0.4) is 0 Å². The first-order valence-corrected chi connectivity index (χ1v) is 4.53. The fourth-order valence-electron chi connectivity index (χ4n) is 0.753. The zero-order chi connectivity index (χ0) is 9.11. The van der Waals surface area contributed by atoms with Gasteiger partial charge in [0.1, 0.15) is 0 Å². The largest absolute Gasteiger partial charge is 0.103 e. The van der Waals surface area contributed by atoms with E-state index in [0.717, 1.165) is 5.92 Å². The van der Waals surface area contributed by atoms with Gasteiger partial charge in [0.25, 0.3) is 0 Å². The van der Waals surface area contributed by atoms with E-state index in [1.54, 1.807) is 6.08 Å². The number of hydrogen-bond donors (Lipinski definition) is 0. The monoisotopic (exact) mass is 154 g/mol. The molecule has 0 heteroatoms. The Morgan fingerprint density at radius 3 is 1.64 bits per heavy atom. The standard InChI is InChI=1S/C6H10.C3H6.C2H6/c1-6-4-2-3-5-6;1-3-2;1-2/h2-3,6H,4-5H2,1H3;3H,1H2,2H3;1-2H3. The van der Waals surface area contributed by atoms with Gasteiger partial charge < -0.3 is 0 Å². The van der Waals surface area contributed by atoms with Crippen LogP contribution < -0.4 is 0 Å². The first kappa shape index (κ1) is 13.1. The van der Waals surface area contributed by atoms with Gasteiger partial charge in [-0.3, -0.25) is 0 Å². The zero-order valence-corrected chi connectivity index (χ0v) is 8.43. The summed E-state index contributed by atoms with van der Waals surface area (Å²) in [5.41, 5.74) is 0. The van der Waals surface area contributed by atoms with Gasteiger partial charge >= 0.3 is 0 Å². The number of rotatable bonds is 0. The summed E-state index contributed by atoms with van der Waals surface area (Å²) in [7, 11) is 0. The summed E-state index contributed by atoms with van der Waals surface area (Å²) in [6.45, 7) is 11.5.